The van der Waals surface area contributed by atoms with E-state index in [-0.39, 0.29) is 9.26 Å². The zero-order chi connectivity index (χ0) is 12.5. The van der Waals surface area contributed by atoms with Crippen LogP contribution < -0.4 is 5.14 Å². The summed E-state index contributed by atoms with van der Waals surface area (Å²) < 4.78 is 47.3. The van der Waals surface area contributed by atoms with E-state index in [1.165, 1.54) is 22.6 Å². The Morgan fingerprint density at radius 3 is 2.50 bits per heavy atom. The molecule has 86 valence electrons. The zero-order valence-corrected chi connectivity index (χ0v) is 10.5. The van der Waals surface area contributed by atoms with E-state index in [1.54, 1.807) is 6.07 Å². The highest BCUT2D eigenvalue weighted by atomic mass is 127. The zero-order valence-electron chi connectivity index (χ0n) is 7.49. The number of alkyl halides is 2. The maximum Gasteiger partial charge on any atom is 0.281 e. The third kappa shape index (κ3) is 2.63. The molecule has 2 N–H and O–H groups in total. The number of nitrogens with zero attached hydrogens (tertiary/aromatic N) is 2. The second kappa shape index (κ2) is 4.56. The summed E-state index contributed by atoms with van der Waals surface area (Å²) in [6.07, 6.45) is -3.12. The van der Waals surface area contributed by atoms with E-state index < -0.39 is 27.0 Å². The molecule has 1 aromatic heterocycles. The van der Waals surface area contributed by atoms with Gasteiger partial charge >= 0.3 is 0 Å². The molecule has 16 heavy (non-hydrogen) atoms. The lowest BCUT2D eigenvalue weighted by molar-refractivity contribution is 0.142. The van der Waals surface area contributed by atoms with Crippen molar-refractivity contribution in [3.05, 3.63) is 21.0 Å². The average molecular weight is 359 g/mol. The molecule has 1 rings (SSSR count). The van der Waals surface area contributed by atoms with Crippen molar-refractivity contribution in [2.24, 2.45) is 5.14 Å². The van der Waals surface area contributed by atoms with Crippen molar-refractivity contribution in [2.45, 2.75) is 11.3 Å². The van der Waals surface area contributed by atoms with Gasteiger partial charge in [0.05, 0.1) is 0 Å². The largest absolute Gasteiger partial charge is 0.281 e. The van der Waals surface area contributed by atoms with E-state index >= 15 is 0 Å². The van der Waals surface area contributed by atoms with Crippen molar-refractivity contribution in [1.82, 2.24) is 4.98 Å². The quantitative estimate of drug-likeness (QED) is 0.801. The molecule has 0 unspecified atom stereocenters. The maximum absolute atomic E-state index is 12.6. The molecule has 0 aliphatic heterocycles. The molecule has 0 fully saturated rings. The predicted molar refractivity (Wildman–Crippen MR) is 58.0 cm³/mol. The Balaban J connectivity index is 3.68. The SMILES string of the molecule is N#Cc1cc(I)c(S(N)(=O)=O)c(C(F)F)n1. The lowest BCUT2D eigenvalue weighted by atomic mass is 10.3. The molecule has 1 aromatic rings. The van der Waals surface area contributed by atoms with E-state index in [0.717, 1.165) is 6.07 Å². The van der Waals surface area contributed by atoms with Gasteiger partial charge in [0.25, 0.3) is 6.43 Å². The molecule has 0 bridgehead atoms. The van der Waals surface area contributed by atoms with Gasteiger partial charge in [-0.25, -0.2) is 27.3 Å². The van der Waals surface area contributed by atoms with Crippen LogP contribution in [0, 0.1) is 14.9 Å². The number of sulfonamides is 1. The first-order valence-electron chi connectivity index (χ1n) is 3.69. The standard InChI is InChI=1S/C7H4F2IN3O2S/c8-7(9)5-6(16(12,14)15)4(10)1-3(2-11)13-5/h1,7H,(H2,12,14,15). The van der Waals surface area contributed by atoms with Crippen molar-refractivity contribution >= 4 is 32.6 Å². The second-order valence-electron chi connectivity index (χ2n) is 2.66. The molecule has 0 atom stereocenters. The lowest BCUT2D eigenvalue weighted by Gasteiger charge is -2.08. The summed E-state index contributed by atoms with van der Waals surface area (Å²) in [6.45, 7) is 0. The molecule has 0 amide bonds. The number of pyridine rings is 1. The number of primary sulfonamides is 1. The fourth-order valence-corrected chi connectivity index (χ4v) is 3.26. The second-order valence-corrected chi connectivity index (χ2v) is 5.32. The summed E-state index contributed by atoms with van der Waals surface area (Å²) in [6, 6.07) is 2.63. The number of hydrogen-bond donors (Lipinski definition) is 1. The normalized spacial score (nSPS) is 11.5. The summed E-state index contributed by atoms with van der Waals surface area (Å²) in [5, 5.41) is 13.3. The van der Waals surface area contributed by atoms with Crippen molar-refractivity contribution in [2.75, 3.05) is 0 Å². The van der Waals surface area contributed by atoms with E-state index in [1.807, 2.05) is 0 Å². The smallest absolute Gasteiger partial charge is 0.235 e. The third-order valence-corrected chi connectivity index (χ3v) is 3.77. The van der Waals surface area contributed by atoms with Gasteiger partial charge in [0, 0.05) is 3.57 Å². The van der Waals surface area contributed by atoms with Crippen LogP contribution in [0.3, 0.4) is 0 Å². The molecular formula is C7H4F2IN3O2S. The minimum atomic E-state index is -4.29. The van der Waals surface area contributed by atoms with Crippen LogP contribution in [-0.4, -0.2) is 13.4 Å². The first-order chi connectivity index (χ1) is 7.27. The van der Waals surface area contributed by atoms with Crippen LogP contribution in [0.5, 0.6) is 0 Å². The van der Waals surface area contributed by atoms with Gasteiger partial charge in [0.15, 0.2) is 0 Å². The number of nitrogens with two attached hydrogens (primary N) is 1. The molecule has 9 heteroatoms. The topological polar surface area (TPSA) is 96.8 Å². The Kier molecular flexibility index (Phi) is 3.76. The highest BCUT2D eigenvalue weighted by molar-refractivity contribution is 14.1. The highest BCUT2D eigenvalue weighted by Crippen LogP contribution is 2.28. The number of hydrogen-bond acceptors (Lipinski definition) is 4. The van der Waals surface area contributed by atoms with Crippen LogP contribution in [0.15, 0.2) is 11.0 Å². The van der Waals surface area contributed by atoms with Gasteiger partial charge in [0.2, 0.25) is 10.0 Å². The number of aromatic nitrogens is 1. The number of nitriles is 1. The summed E-state index contributed by atoms with van der Waals surface area (Å²) >= 11 is 1.51. The maximum atomic E-state index is 12.6. The van der Waals surface area contributed by atoms with Crippen LogP contribution in [0.4, 0.5) is 8.78 Å². The molecule has 0 aliphatic rings. The molecule has 1 heterocycles. The minimum Gasteiger partial charge on any atom is -0.235 e. The van der Waals surface area contributed by atoms with Crippen LogP contribution in [0.2, 0.25) is 0 Å². The predicted octanol–water partition coefficient (Wildman–Crippen LogP) is 1.14. The molecule has 0 saturated carbocycles. The van der Waals surface area contributed by atoms with Gasteiger partial charge in [-0.05, 0) is 28.7 Å². The van der Waals surface area contributed by atoms with Crippen LogP contribution in [-0.2, 0) is 10.0 Å². The van der Waals surface area contributed by atoms with Crippen LogP contribution >= 0.6 is 22.6 Å². The number of halogens is 3. The van der Waals surface area contributed by atoms with E-state index in [0.29, 0.717) is 0 Å². The Morgan fingerprint density at radius 2 is 2.12 bits per heavy atom. The number of rotatable bonds is 2. The third-order valence-electron chi connectivity index (χ3n) is 1.56. The van der Waals surface area contributed by atoms with Crippen molar-refractivity contribution in [3.8, 4) is 6.07 Å². The Labute approximate surface area is 103 Å². The Morgan fingerprint density at radius 1 is 1.56 bits per heavy atom. The summed E-state index contributed by atoms with van der Waals surface area (Å²) in [7, 11) is -4.29. The van der Waals surface area contributed by atoms with Gasteiger partial charge in [-0.2, -0.15) is 5.26 Å². The molecule has 0 aromatic carbocycles. The van der Waals surface area contributed by atoms with Gasteiger partial charge in [-0.15, -0.1) is 0 Å². The van der Waals surface area contributed by atoms with E-state index in [4.69, 9.17) is 10.4 Å². The van der Waals surface area contributed by atoms with Crippen molar-refractivity contribution in [1.29, 1.82) is 5.26 Å². The summed E-state index contributed by atoms with van der Waals surface area (Å²) in [4.78, 5) is 2.51. The minimum absolute atomic E-state index is 0.0537. The van der Waals surface area contributed by atoms with E-state index in [2.05, 4.69) is 4.98 Å². The van der Waals surface area contributed by atoms with Gasteiger partial charge in [0.1, 0.15) is 22.4 Å². The average Bonchev–Trinajstić information content (AvgIpc) is 2.14. The van der Waals surface area contributed by atoms with E-state index in [9.17, 15) is 17.2 Å². The summed E-state index contributed by atoms with van der Waals surface area (Å²) in [5.74, 6) is 0. The highest BCUT2D eigenvalue weighted by Gasteiger charge is 2.26. The van der Waals surface area contributed by atoms with Gasteiger partial charge in [-0.1, -0.05) is 0 Å². The lowest BCUT2D eigenvalue weighted by Crippen LogP contribution is -2.18. The van der Waals surface area contributed by atoms with Crippen LogP contribution in [0.1, 0.15) is 17.8 Å². The first-order valence-corrected chi connectivity index (χ1v) is 6.31. The fourth-order valence-electron chi connectivity index (χ4n) is 1.01. The molecule has 0 radical (unpaired) electrons. The summed E-state index contributed by atoms with van der Waals surface area (Å²) in [5.41, 5.74) is -1.28. The van der Waals surface area contributed by atoms with Crippen LogP contribution in [0.25, 0.3) is 0 Å². The van der Waals surface area contributed by atoms with Gasteiger partial charge in [-0.3, -0.25) is 0 Å². The molecule has 0 aliphatic carbocycles. The molecule has 0 spiro atoms. The van der Waals surface area contributed by atoms with Crippen molar-refractivity contribution < 1.29 is 17.2 Å². The monoisotopic (exact) mass is 359 g/mol. The molecule has 5 nitrogen and oxygen atoms in total. The molecule has 0 saturated heterocycles. The van der Waals surface area contributed by atoms with Crippen molar-refractivity contribution in [3.63, 3.8) is 0 Å². The fraction of sp³-hybridized carbons (Fsp3) is 0.143. The Bertz CT molecular complexity index is 568. The Hall–Kier alpha value is -0.860. The first kappa shape index (κ1) is 13.2. The van der Waals surface area contributed by atoms with Gasteiger partial charge < -0.3 is 0 Å². The molecular weight excluding hydrogens is 355 g/mol.